The van der Waals surface area contributed by atoms with Gasteiger partial charge in [-0.05, 0) is 61.3 Å². The highest BCUT2D eigenvalue weighted by Crippen LogP contribution is 2.31. The highest BCUT2D eigenvalue weighted by molar-refractivity contribution is 6.04. The number of piperazine rings is 1. The summed E-state index contributed by atoms with van der Waals surface area (Å²) in [6.07, 6.45) is 9.90. The lowest BCUT2D eigenvalue weighted by atomic mass is 9.93. The highest BCUT2D eigenvalue weighted by atomic mass is 16.5. The van der Waals surface area contributed by atoms with Gasteiger partial charge in [-0.2, -0.15) is 5.10 Å². The zero-order valence-electron chi connectivity index (χ0n) is 24.1. The maximum Gasteiger partial charge on any atom is 0.306 e. The molecule has 2 aromatic carbocycles. The molecule has 4 rings (SSSR count). The van der Waals surface area contributed by atoms with E-state index in [0.29, 0.717) is 37.3 Å². The van der Waals surface area contributed by atoms with Gasteiger partial charge >= 0.3 is 5.97 Å². The number of unbranched alkanes of at least 4 members (excludes halogenated alkanes) is 5. The Morgan fingerprint density at radius 2 is 1.77 bits per heavy atom. The van der Waals surface area contributed by atoms with Crippen molar-refractivity contribution in [3.05, 3.63) is 59.2 Å². The number of benzene rings is 2. The van der Waals surface area contributed by atoms with Crippen molar-refractivity contribution < 1.29 is 19.1 Å². The monoisotopic (exact) mass is 548 g/mol. The molecule has 1 N–H and O–H groups in total. The molecule has 0 saturated carbocycles. The molecule has 0 bridgehead atoms. The lowest BCUT2D eigenvalue weighted by molar-refractivity contribution is -0.145. The van der Waals surface area contributed by atoms with E-state index in [2.05, 4.69) is 34.3 Å². The van der Waals surface area contributed by atoms with E-state index in [1.54, 1.807) is 0 Å². The molecule has 1 unspecified atom stereocenters. The number of hydrazone groups is 1. The smallest absolute Gasteiger partial charge is 0.306 e. The second-order valence-electron chi connectivity index (χ2n) is 11.0. The Bertz CT molecular complexity index is 1130. The van der Waals surface area contributed by atoms with Crippen molar-refractivity contribution in [3.63, 3.8) is 0 Å². The Balaban J connectivity index is 1.22. The number of ether oxygens (including phenoxy) is 2. The number of hydrogen-bond acceptors (Lipinski definition) is 7. The molecule has 0 radical (unpaired) electrons. The van der Waals surface area contributed by atoms with Gasteiger partial charge in [0, 0.05) is 43.3 Å². The summed E-state index contributed by atoms with van der Waals surface area (Å²) in [5, 5.41) is 9.63. The number of rotatable bonds is 13. The molecular weight excluding hydrogens is 504 g/mol. The molecule has 0 spiro atoms. The molecule has 2 heterocycles. The van der Waals surface area contributed by atoms with E-state index in [-0.39, 0.29) is 17.8 Å². The molecule has 0 aliphatic carbocycles. The van der Waals surface area contributed by atoms with E-state index >= 15 is 0 Å². The quantitative estimate of drug-likeness (QED) is 0.206. The van der Waals surface area contributed by atoms with Gasteiger partial charge in [-0.15, -0.1) is 0 Å². The molecular formula is C32H44N4O4. The van der Waals surface area contributed by atoms with Crippen LogP contribution in [0.3, 0.4) is 0 Å². The number of hydrogen-bond donors (Lipinski definition) is 1. The van der Waals surface area contributed by atoms with E-state index in [4.69, 9.17) is 9.47 Å². The van der Waals surface area contributed by atoms with Gasteiger partial charge in [0.25, 0.3) is 5.91 Å². The Hall–Kier alpha value is -3.39. The summed E-state index contributed by atoms with van der Waals surface area (Å²) in [6.45, 7) is 7.06. The molecule has 2 aliphatic rings. The van der Waals surface area contributed by atoms with Crippen LogP contribution in [0.1, 0.15) is 73.4 Å². The third-order valence-electron chi connectivity index (χ3n) is 7.54. The van der Waals surface area contributed by atoms with E-state index in [0.717, 1.165) is 55.9 Å². The van der Waals surface area contributed by atoms with Crippen LogP contribution in [-0.2, 0) is 16.0 Å². The van der Waals surface area contributed by atoms with Crippen LogP contribution in [-0.4, -0.2) is 74.4 Å². The van der Waals surface area contributed by atoms with Gasteiger partial charge in [-0.25, -0.2) is 0 Å². The van der Waals surface area contributed by atoms with Crippen LogP contribution >= 0.6 is 0 Å². The van der Waals surface area contributed by atoms with E-state index in [1.807, 2.05) is 48.7 Å². The topological polar surface area (TPSA) is 83.5 Å². The standard InChI is InChI=1S/C32H44N4O4/c1-3-4-5-6-7-8-19-39-31(37)21-26-20-28-22-29(13-14-30(28)40-24-26)34-32(38)27-11-9-25(10-12-27)23-33-36-17-15-35(2)16-18-36/h9-14,22-23,26H,3-8,15-21,24H2,1-2H3,(H,34,38)/b33-23+. The summed E-state index contributed by atoms with van der Waals surface area (Å²) in [7, 11) is 2.12. The first-order valence-electron chi connectivity index (χ1n) is 14.8. The van der Waals surface area contributed by atoms with Crippen molar-refractivity contribution in [2.24, 2.45) is 11.0 Å². The summed E-state index contributed by atoms with van der Waals surface area (Å²) in [6, 6.07) is 13.1. The summed E-state index contributed by atoms with van der Waals surface area (Å²) >= 11 is 0. The van der Waals surface area contributed by atoms with Gasteiger partial charge in [0.1, 0.15) is 5.75 Å². The minimum atomic E-state index is -0.172. The van der Waals surface area contributed by atoms with Crippen molar-refractivity contribution in [1.29, 1.82) is 0 Å². The van der Waals surface area contributed by atoms with Crippen LogP contribution < -0.4 is 10.1 Å². The number of fused-ring (bicyclic) bond motifs is 1. The van der Waals surface area contributed by atoms with Crippen LogP contribution in [0, 0.1) is 5.92 Å². The summed E-state index contributed by atoms with van der Waals surface area (Å²) in [5.74, 6) is 0.537. The molecule has 0 aromatic heterocycles. The highest BCUT2D eigenvalue weighted by Gasteiger charge is 2.23. The zero-order chi connectivity index (χ0) is 28.2. The number of nitrogens with one attached hydrogen (secondary N) is 1. The fourth-order valence-corrected chi connectivity index (χ4v) is 5.01. The Morgan fingerprint density at radius 1 is 1.02 bits per heavy atom. The average molecular weight is 549 g/mol. The molecule has 8 heteroatoms. The van der Waals surface area contributed by atoms with Crippen molar-refractivity contribution in [2.45, 2.75) is 58.3 Å². The summed E-state index contributed by atoms with van der Waals surface area (Å²) in [4.78, 5) is 27.5. The first-order valence-corrected chi connectivity index (χ1v) is 14.8. The number of amides is 1. The minimum absolute atomic E-state index is 0.0653. The fraction of sp³-hybridized carbons (Fsp3) is 0.531. The number of nitrogens with zero attached hydrogens (tertiary/aromatic N) is 3. The Morgan fingerprint density at radius 3 is 2.55 bits per heavy atom. The van der Waals surface area contributed by atoms with Gasteiger partial charge in [-0.3, -0.25) is 14.6 Å². The maximum atomic E-state index is 12.9. The first kappa shape index (κ1) is 29.6. The lowest BCUT2D eigenvalue weighted by Gasteiger charge is -2.30. The Kier molecular flexibility index (Phi) is 11.4. The average Bonchev–Trinajstić information content (AvgIpc) is 2.96. The number of carbonyl (C=O) groups is 2. The van der Waals surface area contributed by atoms with Crippen molar-refractivity contribution in [1.82, 2.24) is 9.91 Å². The molecule has 1 amide bonds. The maximum absolute atomic E-state index is 12.9. The normalized spacial score (nSPS) is 17.4. The van der Waals surface area contributed by atoms with E-state index < -0.39 is 0 Å². The van der Waals surface area contributed by atoms with Gasteiger partial charge in [0.2, 0.25) is 0 Å². The molecule has 1 atom stereocenters. The molecule has 8 nitrogen and oxygen atoms in total. The predicted octanol–water partition coefficient (Wildman–Crippen LogP) is 5.37. The predicted molar refractivity (Wildman–Crippen MR) is 159 cm³/mol. The SMILES string of the molecule is CCCCCCCCOC(=O)CC1COc2ccc(NC(=O)c3ccc(/C=N/N4CCN(C)CC4)cc3)cc2C1. The third kappa shape index (κ3) is 9.37. The second-order valence-corrected chi connectivity index (χ2v) is 11.0. The van der Waals surface area contributed by atoms with Crippen molar-refractivity contribution in [2.75, 3.05) is 51.8 Å². The summed E-state index contributed by atoms with van der Waals surface area (Å²) in [5.41, 5.74) is 3.24. The molecule has 2 aliphatic heterocycles. The molecule has 40 heavy (non-hydrogen) atoms. The van der Waals surface area contributed by atoms with Crippen LogP contribution in [0.25, 0.3) is 0 Å². The van der Waals surface area contributed by atoms with Gasteiger partial charge in [-0.1, -0.05) is 51.2 Å². The molecule has 1 fully saturated rings. The summed E-state index contributed by atoms with van der Waals surface area (Å²) < 4.78 is 11.4. The fourth-order valence-electron chi connectivity index (χ4n) is 5.01. The number of esters is 1. The van der Waals surface area contributed by atoms with Crippen LogP contribution in [0.15, 0.2) is 47.6 Å². The first-order chi connectivity index (χ1) is 19.5. The lowest BCUT2D eigenvalue weighted by Crippen LogP contribution is -2.41. The van der Waals surface area contributed by atoms with Crippen LogP contribution in [0.5, 0.6) is 5.75 Å². The van der Waals surface area contributed by atoms with Crippen LogP contribution in [0.2, 0.25) is 0 Å². The van der Waals surface area contributed by atoms with Crippen molar-refractivity contribution >= 4 is 23.8 Å². The van der Waals surface area contributed by atoms with Gasteiger partial charge in [0.05, 0.1) is 25.8 Å². The number of anilines is 1. The second kappa shape index (κ2) is 15.4. The molecule has 1 saturated heterocycles. The zero-order valence-corrected chi connectivity index (χ0v) is 24.1. The third-order valence-corrected chi connectivity index (χ3v) is 7.54. The van der Waals surface area contributed by atoms with Crippen LogP contribution in [0.4, 0.5) is 5.69 Å². The number of carbonyl (C=O) groups excluding carboxylic acids is 2. The Labute approximate surface area is 238 Å². The van der Waals surface area contributed by atoms with E-state index in [9.17, 15) is 9.59 Å². The van der Waals surface area contributed by atoms with Gasteiger partial charge < -0.3 is 19.7 Å². The number of likely N-dealkylation sites (N-methyl/N-ethyl adjacent to an activating group) is 1. The van der Waals surface area contributed by atoms with Gasteiger partial charge in [0.15, 0.2) is 0 Å². The minimum Gasteiger partial charge on any atom is -0.493 e. The molecule has 2 aromatic rings. The van der Waals surface area contributed by atoms with Crippen molar-refractivity contribution in [3.8, 4) is 5.75 Å². The van der Waals surface area contributed by atoms with E-state index in [1.165, 1.54) is 25.7 Å². The largest absolute Gasteiger partial charge is 0.493 e. The molecule has 216 valence electrons.